The zero-order valence-electron chi connectivity index (χ0n) is 10.7. The molecule has 0 aliphatic rings. The van der Waals surface area contributed by atoms with Crippen LogP contribution in [0.4, 0.5) is 5.69 Å². The minimum Gasteiger partial charge on any atom is -0.486 e. The molecule has 2 aromatic rings. The van der Waals surface area contributed by atoms with Crippen LogP contribution >= 0.6 is 11.6 Å². The number of nitro groups is 1. The molecule has 1 N–H and O–H groups in total. The van der Waals surface area contributed by atoms with Crippen LogP contribution in [0.3, 0.4) is 0 Å². The van der Waals surface area contributed by atoms with Gasteiger partial charge in [-0.25, -0.2) is 4.79 Å². The number of aromatic carboxylic acids is 1. The maximum absolute atomic E-state index is 11.2. The summed E-state index contributed by atoms with van der Waals surface area (Å²) in [6.07, 6.45) is 0. The van der Waals surface area contributed by atoms with E-state index in [1.54, 1.807) is 12.1 Å². The Morgan fingerprint density at radius 1 is 1.29 bits per heavy atom. The van der Waals surface area contributed by atoms with Gasteiger partial charge in [-0.15, -0.1) is 0 Å². The lowest BCUT2D eigenvalue weighted by Gasteiger charge is -2.11. The average Bonchev–Trinajstić information content (AvgIpc) is 2.46. The molecule has 2 aromatic carbocycles. The molecule has 0 heterocycles. The highest BCUT2D eigenvalue weighted by atomic mass is 35.5. The fourth-order valence-electron chi connectivity index (χ4n) is 1.72. The van der Waals surface area contributed by atoms with Crippen LogP contribution in [0, 0.1) is 10.1 Å². The van der Waals surface area contributed by atoms with Gasteiger partial charge in [0.1, 0.15) is 12.2 Å². The Kier molecular flexibility index (Phi) is 4.39. The van der Waals surface area contributed by atoms with Crippen LogP contribution in [-0.4, -0.2) is 16.0 Å². The molecule has 0 spiro atoms. The number of carbonyl (C=O) groups is 1. The fourth-order valence-corrected chi connectivity index (χ4v) is 1.99. The van der Waals surface area contributed by atoms with Crippen molar-refractivity contribution in [2.24, 2.45) is 0 Å². The number of halogens is 1. The molecule has 0 aliphatic heterocycles. The summed E-state index contributed by atoms with van der Waals surface area (Å²) in [7, 11) is 0. The van der Waals surface area contributed by atoms with Crippen LogP contribution in [0.2, 0.25) is 5.02 Å². The average molecular weight is 308 g/mol. The summed E-state index contributed by atoms with van der Waals surface area (Å²) in [4.78, 5) is 21.2. The van der Waals surface area contributed by atoms with Crippen molar-refractivity contribution in [1.82, 2.24) is 0 Å². The van der Waals surface area contributed by atoms with Crippen LogP contribution in [-0.2, 0) is 6.61 Å². The normalized spacial score (nSPS) is 10.1. The first-order valence-electron chi connectivity index (χ1n) is 5.87. The van der Waals surface area contributed by atoms with Gasteiger partial charge in [0.25, 0.3) is 5.69 Å². The lowest BCUT2D eigenvalue weighted by Crippen LogP contribution is -2.05. The molecule has 0 aliphatic carbocycles. The van der Waals surface area contributed by atoms with Gasteiger partial charge in [0.15, 0.2) is 5.75 Å². The molecule has 0 amide bonds. The minimum atomic E-state index is -1.34. The van der Waals surface area contributed by atoms with Gasteiger partial charge in [-0.1, -0.05) is 41.9 Å². The third kappa shape index (κ3) is 3.49. The van der Waals surface area contributed by atoms with Crippen LogP contribution < -0.4 is 4.74 Å². The van der Waals surface area contributed by atoms with Gasteiger partial charge in [0.05, 0.1) is 9.95 Å². The molecule has 0 saturated heterocycles. The quantitative estimate of drug-likeness (QED) is 0.674. The summed E-state index contributed by atoms with van der Waals surface area (Å²) in [6, 6.07) is 11.1. The summed E-state index contributed by atoms with van der Waals surface area (Å²) in [5, 5.41) is 19.8. The summed E-state index contributed by atoms with van der Waals surface area (Å²) in [6.45, 7) is 0.110. The number of hydrogen-bond acceptors (Lipinski definition) is 4. The number of hydrogen-bond donors (Lipinski definition) is 1. The second kappa shape index (κ2) is 6.23. The number of ether oxygens (including phenoxy) is 1. The molecule has 0 fully saturated rings. The van der Waals surface area contributed by atoms with Crippen molar-refractivity contribution < 1.29 is 19.6 Å². The van der Waals surface area contributed by atoms with Crippen LogP contribution in [0.25, 0.3) is 0 Å². The molecule has 0 bridgehead atoms. The largest absolute Gasteiger partial charge is 0.486 e. The number of benzene rings is 2. The first kappa shape index (κ1) is 14.8. The molecule has 0 aromatic heterocycles. The van der Waals surface area contributed by atoms with E-state index < -0.39 is 16.6 Å². The highest BCUT2D eigenvalue weighted by molar-refractivity contribution is 6.32. The van der Waals surface area contributed by atoms with Crippen molar-refractivity contribution in [3.8, 4) is 5.75 Å². The number of nitro benzene ring substituents is 1. The molecular formula is C14H10ClNO5. The van der Waals surface area contributed by atoms with Crippen LogP contribution in [0.5, 0.6) is 5.75 Å². The van der Waals surface area contributed by atoms with Gasteiger partial charge < -0.3 is 9.84 Å². The zero-order valence-corrected chi connectivity index (χ0v) is 11.4. The molecule has 0 atom stereocenters. The van der Waals surface area contributed by atoms with E-state index in [1.165, 1.54) is 0 Å². The molecule has 0 saturated carbocycles. The Morgan fingerprint density at radius 2 is 1.95 bits per heavy atom. The van der Waals surface area contributed by atoms with E-state index in [1.807, 2.05) is 18.2 Å². The smallest absolute Gasteiger partial charge is 0.339 e. The van der Waals surface area contributed by atoms with Crippen molar-refractivity contribution in [2.45, 2.75) is 6.61 Å². The maximum atomic E-state index is 11.2. The third-order valence-corrected chi connectivity index (χ3v) is 2.98. The standard InChI is InChI=1S/C14H10ClNO5/c15-12-7-10(16(19)20)6-11(14(17)18)13(12)21-8-9-4-2-1-3-5-9/h1-7H,8H2,(H,17,18). The van der Waals surface area contributed by atoms with Gasteiger partial charge in [0.2, 0.25) is 0 Å². The molecule has 6 nitrogen and oxygen atoms in total. The van der Waals surface area contributed by atoms with Gasteiger partial charge in [-0.05, 0) is 5.56 Å². The Labute approximate surface area is 124 Å². The number of rotatable bonds is 5. The van der Waals surface area contributed by atoms with E-state index in [2.05, 4.69) is 0 Å². The number of non-ortho nitro benzene ring substituents is 1. The van der Waals surface area contributed by atoms with E-state index in [0.717, 1.165) is 17.7 Å². The summed E-state index contributed by atoms with van der Waals surface area (Å²) >= 11 is 5.90. The van der Waals surface area contributed by atoms with Crippen LogP contribution in [0.1, 0.15) is 15.9 Å². The number of carboxylic acid groups (broad SMARTS) is 1. The van der Waals surface area contributed by atoms with Gasteiger partial charge in [-0.3, -0.25) is 10.1 Å². The number of nitrogens with zero attached hydrogens (tertiary/aromatic N) is 1. The second-order valence-corrected chi connectivity index (χ2v) is 4.55. The van der Waals surface area contributed by atoms with Crippen molar-refractivity contribution in [3.05, 3.63) is 68.7 Å². The molecule has 21 heavy (non-hydrogen) atoms. The molecule has 108 valence electrons. The SMILES string of the molecule is O=C(O)c1cc([N+](=O)[O-])cc(Cl)c1OCc1ccccc1. The predicted molar refractivity (Wildman–Crippen MR) is 75.8 cm³/mol. The fraction of sp³-hybridized carbons (Fsp3) is 0.0714. The minimum absolute atomic E-state index is 0.0846. The van der Waals surface area contributed by atoms with Crippen molar-refractivity contribution in [3.63, 3.8) is 0 Å². The van der Waals surface area contributed by atoms with E-state index in [0.29, 0.717) is 0 Å². The Balaban J connectivity index is 2.34. The number of carboxylic acids is 1. The Hall–Kier alpha value is -2.60. The van der Waals surface area contributed by atoms with E-state index in [9.17, 15) is 14.9 Å². The van der Waals surface area contributed by atoms with E-state index in [4.69, 9.17) is 21.4 Å². The monoisotopic (exact) mass is 307 g/mol. The Bertz CT molecular complexity index is 687. The first-order valence-corrected chi connectivity index (χ1v) is 6.25. The van der Waals surface area contributed by atoms with E-state index >= 15 is 0 Å². The second-order valence-electron chi connectivity index (χ2n) is 4.14. The molecule has 2 rings (SSSR count). The van der Waals surface area contributed by atoms with Gasteiger partial charge in [0, 0.05) is 12.1 Å². The van der Waals surface area contributed by atoms with E-state index in [-0.39, 0.29) is 22.9 Å². The molecule has 0 radical (unpaired) electrons. The summed E-state index contributed by atoms with van der Waals surface area (Å²) in [5.41, 5.74) is 0.0813. The molecule has 7 heteroatoms. The lowest BCUT2D eigenvalue weighted by atomic mass is 10.1. The summed E-state index contributed by atoms with van der Waals surface area (Å²) < 4.78 is 5.41. The third-order valence-electron chi connectivity index (χ3n) is 2.70. The first-order chi connectivity index (χ1) is 9.99. The maximum Gasteiger partial charge on any atom is 0.339 e. The zero-order chi connectivity index (χ0) is 15.4. The lowest BCUT2D eigenvalue weighted by molar-refractivity contribution is -0.384. The van der Waals surface area contributed by atoms with Gasteiger partial charge in [-0.2, -0.15) is 0 Å². The topological polar surface area (TPSA) is 89.7 Å². The predicted octanol–water partition coefficient (Wildman–Crippen LogP) is 3.53. The highest BCUT2D eigenvalue weighted by Crippen LogP contribution is 2.34. The Morgan fingerprint density at radius 3 is 2.52 bits per heavy atom. The van der Waals surface area contributed by atoms with Gasteiger partial charge >= 0.3 is 5.97 Å². The van der Waals surface area contributed by atoms with Crippen molar-refractivity contribution >= 4 is 23.3 Å². The summed E-state index contributed by atoms with van der Waals surface area (Å²) in [5.74, 6) is -1.43. The van der Waals surface area contributed by atoms with Crippen molar-refractivity contribution in [1.29, 1.82) is 0 Å². The highest BCUT2D eigenvalue weighted by Gasteiger charge is 2.21. The molecular weight excluding hydrogens is 298 g/mol. The van der Waals surface area contributed by atoms with Crippen LogP contribution in [0.15, 0.2) is 42.5 Å². The molecule has 0 unspecified atom stereocenters. The van der Waals surface area contributed by atoms with Crippen molar-refractivity contribution in [2.75, 3.05) is 0 Å².